The van der Waals surface area contributed by atoms with Crippen LogP contribution in [-0.2, 0) is 4.79 Å². The van der Waals surface area contributed by atoms with Crippen molar-refractivity contribution >= 4 is 22.4 Å². The molecule has 1 aromatic carbocycles. The molecule has 0 spiro atoms. The number of ether oxygens (including phenoxy) is 1. The molecule has 1 heterocycles. The monoisotopic (exact) mass is 315 g/mol. The summed E-state index contributed by atoms with van der Waals surface area (Å²) in [7, 11) is 0. The second-order valence-corrected chi connectivity index (χ2v) is 5.84. The number of aryl methyl sites for hydroxylation is 1. The lowest BCUT2D eigenvalue weighted by Crippen LogP contribution is -2.30. The van der Waals surface area contributed by atoms with Gasteiger partial charge < -0.3 is 14.5 Å². The number of hydrogen-bond donors (Lipinski definition) is 1. The normalized spacial score (nSPS) is 13.2. The standard InChI is InChI=1S/C19H25NO3/c1-6-14(5)20-19(21)8-12(3)15-9-16-13(4)11-23-18(16)10-17(15)22-7-2/h8-11,14H,6-7H2,1-5H3,(H,20,21)/b12-8+. The average Bonchev–Trinajstić information content (AvgIpc) is 2.87. The maximum absolute atomic E-state index is 12.1. The van der Waals surface area contributed by atoms with Crippen molar-refractivity contribution in [1.82, 2.24) is 5.32 Å². The Balaban J connectivity index is 2.40. The third-order valence-electron chi connectivity index (χ3n) is 3.94. The summed E-state index contributed by atoms with van der Waals surface area (Å²) < 4.78 is 11.3. The Kier molecular flexibility index (Phi) is 5.48. The first-order valence-electron chi connectivity index (χ1n) is 8.10. The van der Waals surface area contributed by atoms with Crippen molar-refractivity contribution in [2.24, 2.45) is 0 Å². The zero-order chi connectivity index (χ0) is 17.0. The second-order valence-electron chi connectivity index (χ2n) is 5.84. The molecule has 0 saturated heterocycles. The Labute approximate surface area is 137 Å². The van der Waals surface area contributed by atoms with Crippen LogP contribution in [0.1, 0.15) is 45.2 Å². The van der Waals surface area contributed by atoms with Crippen LogP contribution in [0.25, 0.3) is 16.5 Å². The molecule has 1 N–H and O–H groups in total. The minimum Gasteiger partial charge on any atom is -0.493 e. The van der Waals surface area contributed by atoms with Crippen molar-refractivity contribution in [2.45, 2.75) is 47.1 Å². The lowest BCUT2D eigenvalue weighted by molar-refractivity contribution is -0.117. The number of rotatable bonds is 6. The summed E-state index contributed by atoms with van der Waals surface area (Å²) in [5.41, 5.74) is 3.66. The van der Waals surface area contributed by atoms with Crippen molar-refractivity contribution in [3.8, 4) is 5.75 Å². The minimum absolute atomic E-state index is 0.0803. The molecular formula is C19H25NO3. The molecule has 4 heteroatoms. The van der Waals surface area contributed by atoms with Gasteiger partial charge in [-0.2, -0.15) is 0 Å². The Hall–Kier alpha value is -2.23. The van der Waals surface area contributed by atoms with Crippen molar-refractivity contribution in [3.05, 3.63) is 35.6 Å². The number of carbonyl (C=O) groups excluding carboxylic acids is 1. The Morgan fingerprint density at radius 1 is 1.39 bits per heavy atom. The van der Waals surface area contributed by atoms with Crippen LogP contribution in [0.4, 0.5) is 0 Å². The molecule has 0 aliphatic heterocycles. The molecule has 2 rings (SSSR count). The highest BCUT2D eigenvalue weighted by molar-refractivity contribution is 5.97. The molecular weight excluding hydrogens is 290 g/mol. The molecule has 0 aliphatic rings. The summed E-state index contributed by atoms with van der Waals surface area (Å²) in [5.74, 6) is 0.655. The van der Waals surface area contributed by atoms with E-state index < -0.39 is 0 Å². The smallest absolute Gasteiger partial charge is 0.244 e. The van der Waals surface area contributed by atoms with Gasteiger partial charge in [-0.25, -0.2) is 0 Å². The molecule has 1 amide bonds. The van der Waals surface area contributed by atoms with Gasteiger partial charge in [0.1, 0.15) is 11.3 Å². The highest BCUT2D eigenvalue weighted by Gasteiger charge is 2.13. The topological polar surface area (TPSA) is 51.5 Å². The number of hydrogen-bond acceptors (Lipinski definition) is 3. The maximum Gasteiger partial charge on any atom is 0.244 e. The number of carbonyl (C=O) groups is 1. The Morgan fingerprint density at radius 2 is 2.13 bits per heavy atom. The lowest BCUT2D eigenvalue weighted by Gasteiger charge is -2.12. The summed E-state index contributed by atoms with van der Waals surface area (Å²) >= 11 is 0. The first kappa shape index (κ1) is 17.1. The third-order valence-corrected chi connectivity index (χ3v) is 3.94. The van der Waals surface area contributed by atoms with Gasteiger partial charge in [0, 0.05) is 29.1 Å². The van der Waals surface area contributed by atoms with Crippen LogP contribution in [0.2, 0.25) is 0 Å². The van der Waals surface area contributed by atoms with Crippen LogP contribution in [0, 0.1) is 6.92 Å². The summed E-state index contributed by atoms with van der Waals surface area (Å²) in [6.07, 6.45) is 4.27. The molecule has 23 heavy (non-hydrogen) atoms. The second kappa shape index (κ2) is 7.36. The van der Waals surface area contributed by atoms with Gasteiger partial charge in [-0.05, 0) is 51.3 Å². The molecule has 0 radical (unpaired) electrons. The van der Waals surface area contributed by atoms with Gasteiger partial charge >= 0.3 is 0 Å². The first-order valence-corrected chi connectivity index (χ1v) is 8.10. The van der Waals surface area contributed by atoms with E-state index in [1.807, 2.05) is 46.8 Å². The number of nitrogens with one attached hydrogen (secondary N) is 1. The van der Waals surface area contributed by atoms with E-state index in [0.29, 0.717) is 6.61 Å². The van der Waals surface area contributed by atoms with E-state index in [4.69, 9.17) is 9.15 Å². The van der Waals surface area contributed by atoms with E-state index in [1.165, 1.54) is 0 Å². The van der Waals surface area contributed by atoms with Crippen molar-refractivity contribution < 1.29 is 13.9 Å². The average molecular weight is 315 g/mol. The van der Waals surface area contributed by atoms with E-state index in [-0.39, 0.29) is 11.9 Å². The number of furan rings is 1. The fourth-order valence-corrected chi connectivity index (χ4v) is 2.43. The van der Waals surface area contributed by atoms with Crippen LogP contribution < -0.4 is 10.1 Å². The summed E-state index contributed by atoms with van der Waals surface area (Å²) in [4.78, 5) is 12.1. The van der Waals surface area contributed by atoms with Crippen LogP contribution in [0.15, 0.2) is 28.9 Å². The SMILES string of the molecule is CCOc1cc2occ(C)c2cc1/C(C)=C/C(=O)NC(C)CC. The maximum atomic E-state index is 12.1. The third kappa shape index (κ3) is 3.95. The fraction of sp³-hybridized carbons (Fsp3) is 0.421. The van der Waals surface area contributed by atoms with Crippen molar-refractivity contribution in [2.75, 3.05) is 6.61 Å². The number of fused-ring (bicyclic) bond motifs is 1. The van der Waals surface area contributed by atoms with Crippen LogP contribution >= 0.6 is 0 Å². The number of amides is 1. The van der Waals surface area contributed by atoms with Crippen LogP contribution in [-0.4, -0.2) is 18.6 Å². The van der Waals surface area contributed by atoms with E-state index in [1.54, 1.807) is 12.3 Å². The van der Waals surface area contributed by atoms with Gasteiger partial charge in [0.2, 0.25) is 5.91 Å². The van der Waals surface area contributed by atoms with Gasteiger partial charge in [-0.3, -0.25) is 4.79 Å². The molecule has 124 valence electrons. The highest BCUT2D eigenvalue weighted by Crippen LogP contribution is 2.33. The van der Waals surface area contributed by atoms with Gasteiger partial charge in [0.05, 0.1) is 12.9 Å². The lowest BCUT2D eigenvalue weighted by atomic mass is 10.0. The largest absolute Gasteiger partial charge is 0.493 e. The zero-order valence-electron chi connectivity index (χ0n) is 14.5. The number of benzene rings is 1. The van der Waals surface area contributed by atoms with Gasteiger partial charge in [0.25, 0.3) is 0 Å². The van der Waals surface area contributed by atoms with Crippen LogP contribution in [0.3, 0.4) is 0 Å². The van der Waals surface area contributed by atoms with E-state index in [2.05, 4.69) is 5.32 Å². The molecule has 0 fully saturated rings. The first-order chi connectivity index (χ1) is 11.0. The van der Waals surface area contributed by atoms with Crippen molar-refractivity contribution in [1.29, 1.82) is 0 Å². The molecule has 0 bridgehead atoms. The zero-order valence-corrected chi connectivity index (χ0v) is 14.5. The minimum atomic E-state index is -0.0803. The summed E-state index contributed by atoms with van der Waals surface area (Å²) in [6.45, 7) is 10.5. The van der Waals surface area contributed by atoms with Gasteiger partial charge in [0.15, 0.2) is 0 Å². The molecule has 1 unspecified atom stereocenters. The Morgan fingerprint density at radius 3 is 2.78 bits per heavy atom. The molecule has 0 aliphatic carbocycles. The van der Waals surface area contributed by atoms with Crippen LogP contribution in [0.5, 0.6) is 5.75 Å². The quantitative estimate of drug-likeness (QED) is 0.801. The van der Waals surface area contributed by atoms with E-state index in [0.717, 1.165) is 39.8 Å². The van der Waals surface area contributed by atoms with Crippen molar-refractivity contribution in [3.63, 3.8) is 0 Å². The molecule has 4 nitrogen and oxygen atoms in total. The predicted octanol–water partition coefficient (Wildman–Crippen LogP) is 4.46. The van der Waals surface area contributed by atoms with Gasteiger partial charge in [-0.15, -0.1) is 0 Å². The molecule has 2 aromatic rings. The fourth-order valence-electron chi connectivity index (χ4n) is 2.43. The van der Waals surface area contributed by atoms with E-state index >= 15 is 0 Å². The highest BCUT2D eigenvalue weighted by atomic mass is 16.5. The summed E-state index contributed by atoms with van der Waals surface area (Å²) in [6, 6.07) is 4.09. The predicted molar refractivity (Wildman–Crippen MR) is 93.7 cm³/mol. The number of allylic oxidation sites excluding steroid dienone is 1. The molecule has 0 saturated carbocycles. The van der Waals surface area contributed by atoms with Gasteiger partial charge in [-0.1, -0.05) is 6.92 Å². The Bertz CT molecular complexity index is 728. The van der Waals surface area contributed by atoms with E-state index in [9.17, 15) is 4.79 Å². The molecule has 1 aromatic heterocycles. The summed E-state index contributed by atoms with van der Waals surface area (Å²) in [5, 5.41) is 3.99. The molecule has 1 atom stereocenters.